The Bertz CT molecular complexity index is 614. The number of benzene rings is 2. The molecule has 0 spiro atoms. The van der Waals surface area contributed by atoms with Crippen molar-refractivity contribution in [3.63, 3.8) is 0 Å². The lowest BCUT2D eigenvalue weighted by molar-refractivity contribution is -0.0185. The van der Waals surface area contributed by atoms with E-state index in [4.69, 9.17) is 9.47 Å². The summed E-state index contributed by atoms with van der Waals surface area (Å²) in [7, 11) is 1.63. The average Bonchev–Trinajstić information content (AvgIpc) is 2.48. The smallest absolute Gasteiger partial charge is 0.146 e. The fraction of sp³-hybridized carbons (Fsp3) is 0.263. The van der Waals surface area contributed by atoms with E-state index in [1.54, 1.807) is 7.11 Å². The predicted molar refractivity (Wildman–Crippen MR) is 87.3 cm³/mol. The van der Waals surface area contributed by atoms with Crippen molar-refractivity contribution in [1.82, 2.24) is 0 Å². The zero-order valence-corrected chi connectivity index (χ0v) is 12.9. The van der Waals surface area contributed by atoms with Gasteiger partial charge in [0.15, 0.2) is 0 Å². The Hall–Kier alpha value is -1.90. The van der Waals surface area contributed by atoms with E-state index >= 15 is 0 Å². The van der Waals surface area contributed by atoms with Gasteiger partial charge in [0.05, 0.1) is 6.61 Å². The van der Waals surface area contributed by atoms with Gasteiger partial charge in [0.2, 0.25) is 0 Å². The van der Waals surface area contributed by atoms with Crippen LogP contribution in [0.25, 0.3) is 5.57 Å². The third-order valence-corrected chi connectivity index (χ3v) is 3.37. The van der Waals surface area contributed by atoms with Crippen LogP contribution in [0, 0.1) is 13.8 Å². The Labute approximate surface area is 127 Å². The number of ether oxygens (including phenoxy) is 2. The Morgan fingerprint density at radius 2 is 1.86 bits per heavy atom. The highest BCUT2D eigenvalue weighted by atomic mass is 16.7. The van der Waals surface area contributed by atoms with Gasteiger partial charge in [-0.25, -0.2) is 0 Å². The van der Waals surface area contributed by atoms with Crippen LogP contribution in [0.4, 0.5) is 0 Å². The number of hydrogen-bond donors (Lipinski definition) is 0. The second-order valence-electron chi connectivity index (χ2n) is 5.08. The molecule has 0 amide bonds. The number of rotatable bonds is 6. The van der Waals surface area contributed by atoms with E-state index in [1.165, 1.54) is 27.8 Å². The molecule has 0 N–H and O–H groups in total. The maximum absolute atomic E-state index is 5.43. The molecule has 0 aliphatic carbocycles. The van der Waals surface area contributed by atoms with Crippen molar-refractivity contribution >= 4 is 5.57 Å². The molecule has 2 aromatic rings. The van der Waals surface area contributed by atoms with E-state index in [2.05, 4.69) is 68.5 Å². The molecule has 0 heterocycles. The van der Waals surface area contributed by atoms with E-state index in [0.29, 0.717) is 13.4 Å². The fourth-order valence-electron chi connectivity index (χ4n) is 2.34. The van der Waals surface area contributed by atoms with Crippen molar-refractivity contribution in [3.8, 4) is 0 Å². The van der Waals surface area contributed by atoms with Gasteiger partial charge in [0.1, 0.15) is 6.79 Å². The average molecular weight is 282 g/mol. The quantitative estimate of drug-likeness (QED) is 0.579. The molecule has 0 atom stereocenters. The van der Waals surface area contributed by atoms with Gasteiger partial charge in [0.25, 0.3) is 0 Å². The zero-order chi connectivity index (χ0) is 15.1. The highest BCUT2D eigenvalue weighted by Gasteiger charge is 2.07. The monoisotopic (exact) mass is 282 g/mol. The van der Waals surface area contributed by atoms with Crippen molar-refractivity contribution in [2.24, 2.45) is 0 Å². The molecule has 110 valence electrons. The second-order valence-corrected chi connectivity index (χ2v) is 5.08. The van der Waals surface area contributed by atoms with Crippen LogP contribution in [0.1, 0.15) is 22.3 Å². The topological polar surface area (TPSA) is 18.5 Å². The molecule has 0 aromatic heterocycles. The first-order valence-electron chi connectivity index (χ1n) is 7.12. The first kappa shape index (κ1) is 15.5. The molecular formula is C19H22O2. The highest BCUT2D eigenvalue weighted by Crippen LogP contribution is 2.26. The standard InChI is InChI=1S/C19H22O2/c1-15-7-6-9-17(13-15)19(11-12-21-14-20-3)18-10-5-4-8-16(18)2/h4-11,13H,12,14H2,1-3H3/b19-11+. The number of aryl methyl sites for hydroxylation is 2. The summed E-state index contributed by atoms with van der Waals surface area (Å²) < 4.78 is 10.4. The summed E-state index contributed by atoms with van der Waals surface area (Å²) in [5.74, 6) is 0. The molecule has 2 heteroatoms. The third-order valence-electron chi connectivity index (χ3n) is 3.37. The van der Waals surface area contributed by atoms with Gasteiger partial charge in [-0.3, -0.25) is 0 Å². The van der Waals surface area contributed by atoms with E-state index in [-0.39, 0.29) is 0 Å². The molecule has 0 fully saturated rings. The number of methoxy groups -OCH3 is 1. The van der Waals surface area contributed by atoms with Crippen LogP contribution in [-0.4, -0.2) is 20.5 Å². The summed E-state index contributed by atoms with van der Waals surface area (Å²) in [6, 6.07) is 17.0. The largest absolute Gasteiger partial charge is 0.359 e. The van der Waals surface area contributed by atoms with E-state index in [9.17, 15) is 0 Å². The van der Waals surface area contributed by atoms with Gasteiger partial charge in [-0.15, -0.1) is 0 Å². The first-order valence-corrected chi connectivity index (χ1v) is 7.12. The minimum absolute atomic E-state index is 0.311. The van der Waals surface area contributed by atoms with E-state index in [1.807, 2.05) is 0 Å². The van der Waals surface area contributed by atoms with Crippen molar-refractivity contribution in [2.75, 3.05) is 20.5 Å². The molecule has 0 saturated carbocycles. The molecule has 2 nitrogen and oxygen atoms in total. The van der Waals surface area contributed by atoms with Crippen LogP contribution in [0.5, 0.6) is 0 Å². The summed E-state index contributed by atoms with van der Waals surface area (Å²) in [6.07, 6.45) is 2.12. The lowest BCUT2D eigenvalue weighted by atomic mass is 9.93. The van der Waals surface area contributed by atoms with Crippen molar-refractivity contribution in [3.05, 3.63) is 76.9 Å². The normalized spacial score (nSPS) is 11.7. The molecule has 0 saturated heterocycles. The lowest BCUT2D eigenvalue weighted by Gasteiger charge is -2.12. The Morgan fingerprint density at radius 3 is 2.57 bits per heavy atom. The maximum atomic E-state index is 5.43. The molecule has 2 aromatic carbocycles. The Morgan fingerprint density at radius 1 is 1.05 bits per heavy atom. The predicted octanol–water partition coefficient (Wildman–Crippen LogP) is 4.36. The molecular weight excluding hydrogens is 260 g/mol. The molecule has 21 heavy (non-hydrogen) atoms. The van der Waals surface area contributed by atoms with Crippen LogP contribution in [-0.2, 0) is 9.47 Å². The lowest BCUT2D eigenvalue weighted by Crippen LogP contribution is -1.99. The van der Waals surface area contributed by atoms with E-state index in [0.717, 1.165) is 0 Å². The minimum Gasteiger partial charge on any atom is -0.359 e. The van der Waals surface area contributed by atoms with Crippen LogP contribution in [0.2, 0.25) is 0 Å². The van der Waals surface area contributed by atoms with Gasteiger partial charge in [0, 0.05) is 7.11 Å². The summed E-state index contributed by atoms with van der Waals surface area (Å²) in [4.78, 5) is 0. The summed E-state index contributed by atoms with van der Waals surface area (Å²) in [5, 5.41) is 0. The summed E-state index contributed by atoms with van der Waals surface area (Å²) in [6.45, 7) is 5.09. The van der Waals surface area contributed by atoms with Crippen LogP contribution < -0.4 is 0 Å². The molecule has 2 rings (SSSR count). The van der Waals surface area contributed by atoms with Gasteiger partial charge in [-0.1, -0.05) is 60.2 Å². The van der Waals surface area contributed by atoms with Gasteiger partial charge < -0.3 is 9.47 Å². The summed E-state index contributed by atoms with van der Waals surface area (Å²) in [5.41, 5.74) is 6.17. The SMILES string of the molecule is COCOC/C=C(\c1cccc(C)c1)c1ccccc1C. The maximum Gasteiger partial charge on any atom is 0.146 e. The Kier molecular flexibility index (Phi) is 5.73. The third kappa shape index (κ3) is 4.28. The molecule has 0 aliphatic rings. The van der Waals surface area contributed by atoms with Crippen LogP contribution in [0.3, 0.4) is 0 Å². The first-order chi connectivity index (χ1) is 10.2. The van der Waals surface area contributed by atoms with Crippen molar-refractivity contribution in [2.45, 2.75) is 13.8 Å². The highest BCUT2D eigenvalue weighted by molar-refractivity contribution is 5.81. The minimum atomic E-state index is 0.311. The zero-order valence-electron chi connectivity index (χ0n) is 12.9. The van der Waals surface area contributed by atoms with Crippen LogP contribution >= 0.6 is 0 Å². The second kappa shape index (κ2) is 7.77. The molecule has 0 bridgehead atoms. The fourth-order valence-corrected chi connectivity index (χ4v) is 2.34. The van der Waals surface area contributed by atoms with Crippen molar-refractivity contribution in [1.29, 1.82) is 0 Å². The number of hydrogen-bond acceptors (Lipinski definition) is 2. The van der Waals surface area contributed by atoms with Gasteiger partial charge in [-0.2, -0.15) is 0 Å². The van der Waals surface area contributed by atoms with Crippen LogP contribution in [0.15, 0.2) is 54.6 Å². The van der Waals surface area contributed by atoms with Crippen molar-refractivity contribution < 1.29 is 9.47 Å². The van der Waals surface area contributed by atoms with E-state index < -0.39 is 0 Å². The Balaban J connectivity index is 2.37. The van der Waals surface area contributed by atoms with Gasteiger partial charge in [-0.05, 0) is 36.1 Å². The molecule has 0 radical (unpaired) electrons. The summed E-state index contributed by atoms with van der Waals surface area (Å²) >= 11 is 0. The molecule has 0 aliphatic heterocycles. The van der Waals surface area contributed by atoms with Gasteiger partial charge >= 0.3 is 0 Å². The molecule has 0 unspecified atom stereocenters.